The summed E-state index contributed by atoms with van der Waals surface area (Å²) in [4.78, 5) is 15.3. The number of hydrogen-bond acceptors (Lipinski definition) is 5. The van der Waals surface area contributed by atoms with Crippen molar-refractivity contribution in [2.75, 3.05) is 0 Å². The molecule has 0 bridgehead atoms. The van der Waals surface area contributed by atoms with Gasteiger partial charge in [-0.3, -0.25) is 0 Å². The Kier molecular flexibility index (Phi) is 7.38. The van der Waals surface area contributed by atoms with Crippen LogP contribution in [0.2, 0.25) is 0 Å². The number of furan rings is 1. The molecule has 0 saturated heterocycles. The zero-order valence-electron chi connectivity index (χ0n) is 30.0. The van der Waals surface area contributed by atoms with E-state index < -0.39 is 0 Å². The van der Waals surface area contributed by atoms with Crippen molar-refractivity contribution in [2.24, 2.45) is 0 Å². The van der Waals surface area contributed by atoms with Crippen LogP contribution in [0.15, 0.2) is 192 Å². The van der Waals surface area contributed by atoms with Gasteiger partial charge in [-0.15, -0.1) is 0 Å². The van der Waals surface area contributed by atoms with Crippen molar-refractivity contribution in [2.45, 2.75) is 0 Å². The van der Waals surface area contributed by atoms with Gasteiger partial charge in [0.05, 0.1) is 11.2 Å². The average molecular weight is 718 g/mol. The lowest BCUT2D eigenvalue weighted by Crippen LogP contribution is -2.00. The quantitative estimate of drug-likeness (QED) is 0.171. The Morgan fingerprint density at radius 2 is 0.929 bits per heavy atom. The van der Waals surface area contributed by atoms with E-state index in [0.29, 0.717) is 17.5 Å². The summed E-state index contributed by atoms with van der Waals surface area (Å²) in [6.07, 6.45) is 0. The van der Waals surface area contributed by atoms with Crippen molar-refractivity contribution in [3.05, 3.63) is 188 Å². The summed E-state index contributed by atoms with van der Waals surface area (Å²) in [7, 11) is 0. The first-order valence-corrected chi connectivity index (χ1v) is 18.6. The Balaban J connectivity index is 1.14. The molecular formula is C50H31N5O. The Morgan fingerprint density at radius 3 is 1.68 bits per heavy atom. The Bertz CT molecular complexity index is 3240. The highest BCUT2D eigenvalue weighted by atomic mass is 16.3. The molecule has 0 fully saturated rings. The molecule has 0 radical (unpaired) electrons. The summed E-state index contributed by atoms with van der Waals surface area (Å²) < 4.78 is 8.39. The van der Waals surface area contributed by atoms with Gasteiger partial charge in [0.15, 0.2) is 17.5 Å². The van der Waals surface area contributed by atoms with Crippen molar-refractivity contribution < 1.29 is 4.42 Å². The summed E-state index contributed by atoms with van der Waals surface area (Å²) in [5.41, 5.74) is 11.4. The fraction of sp³-hybridized carbons (Fsp3) is 0. The van der Waals surface area contributed by atoms with Crippen LogP contribution in [0.25, 0.3) is 106 Å². The highest BCUT2D eigenvalue weighted by Gasteiger charge is 2.22. The van der Waals surface area contributed by atoms with Gasteiger partial charge in [-0.1, -0.05) is 158 Å². The van der Waals surface area contributed by atoms with Gasteiger partial charge < -0.3 is 4.42 Å². The number of nitrogens with zero attached hydrogens (tertiary/aromatic N) is 5. The summed E-state index contributed by atoms with van der Waals surface area (Å²) in [6, 6.07) is 64.5. The van der Waals surface area contributed by atoms with E-state index in [4.69, 9.17) is 24.5 Å². The maximum atomic E-state index is 6.27. The number of fused-ring (bicyclic) bond motifs is 6. The molecule has 0 aliphatic carbocycles. The molecule has 0 saturated carbocycles. The Labute approximate surface area is 322 Å². The van der Waals surface area contributed by atoms with Crippen molar-refractivity contribution >= 4 is 38.2 Å². The third-order valence-corrected chi connectivity index (χ3v) is 10.5. The molecular weight excluding hydrogens is 687 g/mol. The van der Waals surface area contributed by atoms with E-state index in [9.17, 15) is 0 Å². The van der Waals surface area contributed by atoms with Gasteiger partial charge in [-0.2, -0.15) is 5.10 Å². The highest BCUT2D eigenvalue weighted by Crippen LogP contribution is 2.42. The second-order valence-electron chi connectivity index (χ2n) is 13.9. The molecule has 11 aromatic rings. The number of pyridine rings is 1. The fourth-order valence-electron chi connectivity index (χ4n) is 7.80. The van der Waals surface area contributed by atoms with Crippen LogP contribution in [0.4, 0.5) is 0 Å². The molecule has 11 rings (SSSR count). The molecule has 0 N–H and O–H groups in total. The van der Waals surface area contributed by atoms with E-state index in [1.165, 1.54) is 0 Å². The van der Waals surface area contributed by atoms with Crippen LogP contribution in [-0.4, -0.2) is 24.6 Å². The molecule has 56 heavy (non-hydrogen) atoms. The van der Waals surface area contributed by atoms with E-state index in [0.717, 1.165) is 88.6 Å². The van der Waals surface area contributed by atoms with Gasteiger partial charge in [0.1, 0.15) is 16.9 Å². The summed E-state index contributed by atoms with van der Waals surface area (Å²) in [5.74, 6) is 1.74. The Morgan fingerprint density at radius 1 is 0.375 bits per heavy atom. The summed E-state index contributed by atoms with van der Waals surface area (Å²) in [5, 5.41) is 9.81. The summed E-state index contributed by atoms with van der Waals surface area (Å²) >= 11 is 0. The summed E-state index contributed by atoms with van der Waals surface area (Å²) in [6.45, 7) is 0. The minimum Gasteiger partial charge on any atom is -0.456 e. The van der Waals surface area contributed by atoms with Crippen LogP contribution in [0, 0.1) is 0 Å². The predicted molar refractivity (Wildman–Crippen MR) is 226 cm³/mol. The van der Waals surface area contributed by atoms with E-state index in [-0.39, 0.29) is 0 Å². The van der Waals surface area contributed by atoms with Crippen LogP contribution in [0.1, 0.15) is 0 Å². The van der Waals surface area contributed by atoms with E-state index in [2.05, 4.69) is 126 Å². The molecule has 0 aliphatic heterocycles. The van der Waals surface area contributed by atoms with Crippen LogP contribution in [-0.2, 0) is 0 Å². The largest absolute Gasteiger partial charge is 0.456 e. The molecule has 7 aromatic carbocycles. The monoisotopic (exact) mass is 717 g/mol. The molecule has 4 heterocycles. The maximum Gasteiger partial charge on any atom is 0.164 e. The number of benzene rings is 7. The lowest BCUT2D eigenvalue weighted by Gasteiger charge is -2.12. The molecule has 0 unspecified atom stereocenters. The smallest absolute Gasteiger partial charge is 0.164 e. The highest BCUT2D eigenvalue weighted by molar-refractivity contribution is 6.09. The molecule has 0 amide bonds. The third-order valence-electron chi connectivity index (χ3n) is 10.5. The molecule has 6 heteroatoms. The second-order valence-corrected chi connectivity index (χ2v) is 13.9. The lowest BCUT2D eigenvalue weighted by molar-refractivity contribution is 0.669. The van der Waals surface area contributed by atoms with Gasteiger partial charge in [0.25, 0.3) is 0 Å². The van der Waals surface area contributed by atoms with Crippen molar-refractivity contribution in [3.8, 4) is 67.8 Å². The second kappa shape index (κ2) is 13.0. The zero-order valence-corrected chi connectivity index (χ0v) is 30.0. The molecule has 6 nitrogen and oxygen atoms in total. The van der Waals surface area contributed by atoms with E-state index >= 15 is 0 Å². The molecule has 0 atom stereocenters. The van der Waals surface area contributed by atoms with Gasteiger partial charge >= 0.3 is 0 Å². The van der Waals surface area contributed by atoms with Gasteiger partial charge in [0, 0.05) is 49.5 Å². The van der Waals surface area contributed by atoms with Crippen LogP contribution in [0.3, 0.4) is 0 Å². The third kappa shape index (κ3) is 5.35. The fourth-order valence-corrected chi connectivity index (χ4v) is 7.80. The lowest BCUT2D eigenvalue weighted by atomic mass is 9.95. The first kappa shape index (κ1) is 31.8. The standard InChI is InChI=1S/C50H31N5O/c1-4-15-32(16-5-1)42-30-35-21-10-11-24-39(35)47-45(46(54-55(42)47)33-17-6-2-7-18-33)36-22-14-23-37(29-36)49-51-48(34-19-8-3-9-20-34)52-50(53-49)38-27-28-41-40-25-12-13-26-43(40)56-44(41)31-38/h1-31H. The first-order chi connectivity index (χ1) is 27.7. The Hall–Kier alpha value is -7.70. The van der Waals surface area contributed by atoms with Gasteiger partial charge in [-0.25, -0.2) is 19.5 Å². The van der Waals surface area contributed by atoms with Crippen LogP contribution < -0.4 is 0 Å². The van der Waals surface area contributed by atoms with Crippen LogP contribution in [0.5, 0.6) is 0 Å². The topological polar surface area (TPSA) is 69.1 Å². The van der Waals surface area contributed by atoms with Crippen molar-refractivity contribution in [1.82, 2.24) is 24.6 Å². The van der Waals surface area contributed by atoms with Gasteiger partial charge in [0.2, 0.25) is 0 Å². The maximum absolute atomic E-state index is 6.27. The number of rotatable bonds is 6. The van der Waals surface area contributed by atoms with E-state index in [1.807, 2.05) is 66.7 Å². The first-order valence-electron chi connectivity index (χ1n) is 18.6. The zero-order chi connectivity index (χ0) is 37.0. The minimum atomic E-state index is 0.570. The normalized spacial score (nSPS) is 11.6. The van der Waals surface area contributed by atoms with Crippen molar-refractivity contribution in [1.29, 1.82) is 0 Å². The number of para-hydroxylation sites is 1. The van der Waals surface area contributed by atoms with Gasteiger partial charge in [-0.05, 0) is 41.3 Å². The minimum absolute atomic E-state index is 0.570. The van der Waals surface area contributed by atoms with Crippen LogP contribution >= 0.6 is 0 Å². The molecule has 0 spiro atoms. The molecule has 262 valence electrons. The SMILES string of the molecule is c1ccc(-c2nc(-c3cccc(-c4c(-c5ccccc5)nn5c(-c6ccccc6)cc6ccccc6c45)c3)nc(-c3ccc4c(c3)oc3ccccc34)n2)cc1. The number of aromatic nitrogens is 5. The molecule has 0 aliphatic rings. The molecule has 4 aromatic heterocycles. The van der Waals surface area contributed by atoms with E-state index in [1.54, 1.807) is 0 Å². The number of hydrogen-bond donors (Lipinski definition) is 0. The predicted octanol–water partition coefficient (Wildman–Crippen LogP) is 12.6. The average Bonchev–Trinajstić information content (AvgIpc) is 3.86. The van der Waals surface area contributed by atoms with Crippen molar-refractivity contribution in [3.63, 3.8) is 0 Å².